The summed E-state index contributed by atoms with van der Waals surface area (Å²) in [5, 5.41) is 12.2. The highest BCUT2D eigenvalue weighted by atomic mass is 16.3. The van der Waals surface area contributed by atoms with Crippen molar-refractivity contribution in [2.24, 2.45) is 42.3 Å². The van der Waals surface area contributed by atoms with Crippen LogP contribution in [0.25, 0.3) is 87.1 Å². The molecule has 8 aromatic heterocycles. The molecule has 2 N–H and O–H groups in total. The van der Waals surface area contributed by atoms with Crippen LogP contribution in [0.2, 0.25) is 0 Å². The second-order valence-corrected chi connectivity index (χ2v) is 23.4. The van der Waals surface area contributed by atoms with Gasteiger partial charge in [-0.3, -0.25) is 38.6 Å². The van der Waals surface area contributed by atoms with Gasteiger partial charge in [-0.1, -0.05) is 66.7 Å². The lowest BCUT2D eigenvalue weighted by Crippen LogP contribution is -2.21. The zero-order valence-electron chi connectivity index (χ0n) is 51.9. The van der Waals surface area contributed by atoms with Crippen LogP contribution in [0.5, 0.6) is 0 Å². The van der Waals surface area contributed by atoms with Gasteiger partial charge in [-0.15, -0.1) is 0 Å². The van der Waals surface area contributed by atoms with Gasteiger partial charge in [0.25, 0.3) is 27.8 Å². The van der Waals surface area contributed by atoms with E-state index in [9.17, 15) is 28.8 Å². The van der Waals surface area contributed by atoms with Gasteiger partial charge in [0.2, 0.25) is 5.56 Å². The van der Waals surface area contributed by atoms with Gasteiger partial charge in [-0.25, -0.2) is 9.97 Å². The van der Waals surface area contributed by atoms with E-state index < -0.39 is 0 Å². The number of fused-ring (bicyclic) bond motifs is 12. The van der Waals surface area contributed by atoms with E-state index in [0.717, 1.165) is 121 Å². The standard InChI is InChI=1S/2C13H14N2O.C12H12N2O.C12H11NO.C11H9N3O.C11H8N2O2/c1-14-7-10-5-9-3-4-15(2)13(16)12(9)6-11(10)8-14;1-14-7-11-9-5-3-4-6-10(9)13(16)15(2)12(11)8-14;1-14-11-7-13-6-10(11)8-4-2-3-5-9(8)12(14)15;1-13-9-11(7-8-12(13)14)10-5-3-2-4-6-10;1-14-3-2-7-4-9-10(13-6-12-9)5-8(7)11(14)15;1-13-3-2-7-4-9-10(15-6-12-9)5-8(7)11(13)14/h2*3-6H,7-8H2,1-2H3;2-5,13H,6-7H2,1H3;2-9H,1H3;2-6H,1H3,(H,12,13);2-6H,1H3. The third-order valence-corrected chi connectivity index (χ3v) is 17.1. The Morgan fingerprint density at radius 2 is 0.956 bits per heavy atom. The van der Waals surface area contributed by atoms with E-state index in [1.807, 2.05) is 142 Å². The average Bonchev–Trinajstić information content (AvgIpc) is 1.85. The van der Waals surface area contributed by atoms with E-state index in [2.05, 4.69) is 62.4 Å². The van der Waals surface area contributed by atoms with Crippen LogP contribution in [0.15, 0.2) is 216 Å². The molecule has 6 aromatic carbocycles. The Labute approximate surface area is 521 Å². The number of oxazole rings is 1. The molecule has 3 aliphatic rings. The second-order valence-electron chi connectivity index (χ2n) is 23.4. The number of benzene rings is 6. The Hall–Kier alpha value is -10.9. The first kappa shape index (κ1) is 60.4. The zero-order chi connectivity index (χ0) is 63.8. The van der Waals surface area contributed by atoms with E-state index in [1.165, 1.54) is 28.6 Å². The lowest BCUT2D eigenvalue weighted by molar-refractivity contribution is 0.349. The SMILES string of the molecule is CN1Cc2c(n(C)c(=O)c3ccccc23)C1.CN1Cc2cc3ccn(C)c(=O)c3cc2C1.Cn1c2c(c3ccccc3c1=O)CNC2.Cn1cc(-c2ccccc2)ccc1=O.Cn1ccc2cc3[nH]cnc3cc2c1=O.Cn1ccc2cc3ncoc3cc2c1=O. The summed E-state index contributed by atoms with van der Waals surface area (Å²) in [5.74, 6) is 0. The quantitative estimate of drug-likeness (QED) is 0.158. The van der Waals surface area contributed by atoms with E-state index in [-0.39, 0.29) is 33.4 Å². The van der Waals surface area contributed by atoms with Gasteiger partial charge in [0.15, 0.2) is 12.0 Å². The van der Waals surface area contributed by atoms with Crippen molar-refractivity contribution in [3.63, 3.8) is 0 Å². The fraction of sp³-hybridized carbons (Fsp3) is 0.194. The maximum atomic E-state index is 12.1. The third kappa shape index (κ3) is 12.1. The second kappa shape index (κ2) is 25.3. The van der Waals surface area contributed by atoms with Gasteiger partial charge in [-0.05, 0) is 147 Å². The number of imidazole rings is 1. The fourth-order valence-electron chi connectivity index (χ4n) is 12.1. The first-order valence-electron chi connectivity index (χ1n) is 29.8. The predicted molar refractivity (Wildman–Crippen MR) is 361 cm³/mol. The summed E-state index contributed by atoms with van der Waals surface area (Å²) in [7, 11) is 14.9. The Kier molecular flexibility index (Phi) is 16.8. The molecule has 458 valence electrons. The van der Waals surface area contributed by atoms with Crippen molar-refractivity contribution >= 4 is 76.0 Å². The summed E-state index contributed by atoms with van der Waals surface area (Å²) in [5.41, 5.74) is 13.2. The molecule has 0 fully saturated rings. The number of aromatic nitrogens is 9. The normalized spacial score (nSPS) is 13.1. The van der Waals surface area contributed by atoms with Crippen LogP contribution >= 0.6 is 0 Å². The van der Waals surface area contributed by atoms with Crippen molar-refractivity contribution < 1.29 is 4.42 Å². The highest BCUT2D eigenvalue weighted by molar-refractivity contribution is 5.95. The highest BCUT2D eigenvalue weighted by Gasteiger charge is 2.23. The van der Waals surface area contributed by atoms with Crippen LogP contribution in [0.1, 0.15) is 33.6 Å². The van der Waals surface area contributed by atoms with Gasteiger partial charge in [0.1, 0.15) is 5.52 Å². The number of rotatable bonds is 1. The molecule has 11 heterocycles. The maximum absolute atomic E-state index is 12.1. The van der Waals surface area contributed by atoms with Crippen molar-refractivity contribution in [3.8, 4) is 11.1 Å². The smallest absolute Gasteiger partial charge is 0.258 e. The van der Waals surface area contributed by atoms with Crippen molar-refractivity contribution in [2.45, 2.75) is 39.3 Å². The Bertz CT molecular complexity index is 5390. The molecule has 0 radical (unpaired) electrons. The summed E-state index contributed by atoms with van der Waals surface area (Å²) in [6, 6.07) is 46.5. The van der Waals surface area contributed by atoms with E-state index >= 15 is 0 Å². The molecule has 0 amide bonds. The van der Waals surface area contributed by atoms with Crippen molar-refractivity contribution in [3.05, 3.63) is 279 Å². The number of nitrogens with one attached hydrogen (secondary N) is 2. The molecule has 19 nitrogen and oxygen atoms in total. The summed E-state index contributed by atoms with van der Waals surface area (Å²) in [6.07, 6.45) is 10.2. The molecule has 91 heavy (non-hydrogen) atoms. The molecule has 19 heteroatoms. The Morgan fingerprint density at radius 1 is 0.418 bits per heavy atom. The van der Waals surface area contributed by atoms with Crippen molar-refractivity contribution in [1.29, 1.82) is 0 Å². The van der Waals surface area contributed by atoms with Gasteiger partial charge in [0, 0.05) is 145 Å². The van der Waals surface area contributed by atoms with Crippen LogP contribution in [0.4, 0.5) is 0 Å². The summed E-state index contributed by atoms with van der Waals surface area (Å²) < 4.78 is 15.1. The molecule has 17 rings (SSSR count). The van der Waals surface area contributed by atoms with Gasteiger partial charge in [0.05, 0.1) is 22.7 Å². The van der Waals surface area contributed by atoms with Crippen LogP contribution < -0.4 is 38.7 Å². The Balaban J connectivity index is 0.000000106. The molecule has 14 aromatic rings. The van der Waals surface area contributed by atoms with Crippen molar-refractivity contribution in [1.82, 2.24) is 57.5 Å². The van der Waals surface area contributed by atoms with E-state index in [4.69, 9.17) is 4.42 Å². The lowest BCUT2D eigenvalue weighted by Gasteiger charge is -2.09. The molecule has 0 unspecified atom stereocenters. The molecular formula is C72H68N12O7. The molecule has 0 spiro atoms. The minimum Gasteiger partial charge on any atom is -0.443 e. The molecule has 0 aliphatic carbocycles. The first-order chi connectivity index (χ1) is 43.9. The lowest BCUT2D eigenvalue weighted by atomic mass is 10.0. The van der Waals surface area contributed by atoms with E-state index in [0.29, 0.717) is 16.4 Å². The number of H-pyrrole nitrogens is 1. The van der Waals surface area contributed by atoms with Gasteiger partial charge < -0.3 is 42.1 Å². The number of nitrogens with zero attached hydrogens (tertiary/aromatic N) is 10. The van der Waals surface area contributed by atoms with Crippen LogP contribution in [-0.4, -0.2) is 66.2 Å². The number of hydrogen-bond acceptors (Lipinski definition) is 12. The number of aromatic amines is 1. The van der Waals surface area contributed by atoms with Crippen molar-refractivity contribution in [2.75, 3.05) is 14.1 Å². The van der Waals surface area contributed by atoms with Crippen LogP contribution in [0.3, 0.4) is 0 Å². The maximum Gasteiger partial charge on any atom is 0.258 e. The third-order valence-electron chi connectivity index (χ3n) is 17.1. The zero-order valence-corrected chi connectivity index (χ0v) is 51.9. The number of hydrogen-bond donors (Lipinski definition) is 2. The first-order valence-corrected chi connectivity index (χ1v) is 29.8. The number of aryl methyl sites for hydroxylation is 4. The largest absolute Gasteiger partial charge is 0.443 e. The molecule has 0 bridgehead atoms. The molecule has 3 aliphatic heterocycles. The fourth-order valence-corrected chi connectivity index (χ4v) is 12.1. The minimum atomic E-state index is -0.0224. The Morgan fingerprint density at radius 3 is 1.59 bits per heavy atom. The minimum absolute atomic E-state index is 0.0115. The van der Waals surface area contributed by atoms with Gasteiger partial charge in [-0.2, -0.15) is 0 Å². The molecule has 0 saturated heterocycles. The summed E-state index contributed by atoms with van der Waals surface area (Å²) >= 11 is 0. The monoisotopic (exact) mass is 1210 g/mol. The summed E-state index contributed by atoms with van der Waals surface area (Å²) in [6.45, 7) is 5.40. The average molecular weight is 1210 g/mol. The summed E-state index contributed by atoms with van der Waals surface area (Å²) in [4.78, 5) is 86.6. The van der Waals surface area contributed by atoms with Crippen LogP contribution in [0, 0.1) is 0 Å². The van der Waals surface area contributed by atoms with Gasteiger partial charge >= 0.3 is 0 Å². The highest BCUT2D eigenvalue weighted by Crippen LogP contribution is 2.29. The topological polar surface area (TPSA) is 205 Å². The van der Waals surface area contributed by atoms with Crippen LogP contribution in [-0.2, 0) is 81.6 Å². The predicted octanol–water partition coefficient (Wildman–Crippen LogP) is 9.26. The molecule has 0 saturated carbocycles. The van der Waals surface area contributed by atoms with E-state index in [1.54, 1.807) is 86.4 Å². The molecular weight excluding hydrogens is 1140 g/mol. The number of pyridine rings is 6. The molecule has 0 atom stereocenters.